The van der Waals surface area contributed by atoms with E-state index in [1.54, 1.807) is 15.6 Å². The van der Waals surface area contributed by atoms with Crippen molar-refractivity contribution >= 4 is 5.91 Å². The summed E-state index contributed by atoms with van der Waals surface area (Å²) in [6, 6.07) is 1.83. The topological polar surface area (TPSA) is 77.6 Å². The molecule has 7 heteroatoms. The number of carbonyl (C=O) groups is 1. The highest BCUT2D eigenvalue weighted by Gasteiger charge is 2.17. The largest absolute Gasteiger partial charge is 0.346 e. The first kappa shape index (κ1) is 14.2. The fourth-order valence-corrected chi connectivity index (χ4v) is 2.12. The quantitative estimate of drug-likeness (QED) is 0.844. The SMILES string of the molecule is CC[C@@H](NC(=O)CCc1ccnn1C)c1ncnn1C. The van der Waals surface area contributed by atoms with Crippen LogP contribution < -0.4 is 5.32 Å². The zero-order valence-electron chi connectivity index (χ0n) is 12.1. The molecule has 0 aliphatic carbocycles. The van der Waals surface area contributed by atoms with E-state index in [0.717, 1.165) is 17.9 Å². The third-order valence-corrected chi connectivity index (χ3v) is 3.33. The van der Waals surface area contributed by atoms with Gasteiger partial charge < -0.3 is 5.32 Å². The Bertz CT molecular complexity index is 573. The van der Waals surface area contributed by atoms with Crippen LogP contribution in [0.2, 0.25) is 0 Å². The molecule has 108 valence electrons. The number of hydrogen-bond acceptors (Lipinski definition) is 4. The van der Waals surface area contributed by atoms with Crippen LogP contribution in [0.25, 0.3) is 0 Å². The third kappa shape index (κ3) is 3.23. The highest BCUT2D eigenvalue weighted by molar-refractivity contribution is 5.76. The minimum absolute atomic E-state index is 0.0149. The smallest absolute Gasteiger partial charge is 0.220 e. The lowest BCUT2D eigenvalue weighted by Gasteiger charge is -2.16. The molecule has 2 aromatic heterocycles. The molecule has 2 rings (SSSR count). The van der Waals surface area contributed by atoms with Crippen LogP contribution in [0.4, 0.5) is 0 Å². The van der Waals surface area contributed by atoms with Gasteiger partial charge >= 0.3 is 0 Å². The van der Waals surface area contributed by atoms with Crippen molar-refractivity contribution in [1.29, 1.82) is 0 Å². The summed E-state index contributed by atoms with van der Waals surface area (Å²) in [5.41, 5.74) is 1.05. The third-order valence-electron chi connectivity index (χ3n) is 3.33. The second-order valence-corrected chi connectivity index (χ2v) is 4.72. The van der Waals surface area contributed by atoms with E-state index in [4.69, 9.17) is 0 Å². The summed E-state index contributed by atoms with van der Waals surface area (Å²) in [5.74, 6) is 0.794. The maximum absolute atomic E-state index is 12.0. The molecular formula is C13H20N6O. The van der Waals surface area contributed by atoms with Crippen molar-refractivity contribution in [3.05, 3.63) is 30.1 Å². The molecule has 0 aliphatic heterocycles. The van der Waals surface area contributed by atoms with Gasteiger partial charge in [0.2, 0.25) is 5.91 Å². The monoisotopic (exact) mass is 276 g/mol. The van der Waals surface area contributed by atoms with E-state index in [0.29, 0.717) is 12.8 Å². The predicted molar refractivity (Wildman–Crippen MR) is 73.7 cm³/mol. The molecule has 0 spiro atoms. The minimum Gasteiger partial charge on any atom is -0.346 e. The summed E-state index contributed by atoms with van der Waals surface area (Å²) in [7, 11) is 3.70. The van der Waals surface area contributed by atoms with Gasteiger partial charge in [-0.05, 0) is 18.9 Å². The molecule has 7 nitrogen and oxygen atoms in total. The summed E-state index contributed by atoms with van der Waals surface area (Å²) in [6.07, 6.45) is 5.14. The first-order chi connectivity index (χ1) is 9.61. The molecule has 0 bridgehead atoms. The number of rotatable bonds is 6. The molecule has 20 heavy (non-hydrogen) atoms. The lowest BCUT2D eigenvalue weighted by Crippen LogP contribution is -2.30. The molecule has 0 aliphatic rings. The molecule has 1 N–H and O–H groups in total. The van der Waals surface area contributed by atoms with E-state index in [1.807, 2.05) is 27.1 Å². The second kappa shape index (κ2) is 6.31. The molecule has 1 amide bonds. The van der Waals surface area contributed by atoms with Gasteiger partial charge in [-0.1, -0.05) is 6.92 Å². The molecule has 0 aromatic carbocycles. The highest BCUT2D eigenvalue weighted by Crippen LogP contribution is 2.13. The van der Waals surface area contributed by atoms with Crippen molar-refractivity contribution in [2.75, 3.05) is 0 Å². The average Bonchev–Trinajstić information content (AvgIpc) is 3.02. The number of amides is 1. The van der Waals surface area contributed by atoms with Crippen LogP contribution in [0, 0.1) is 0 Å². The van der Waals surface area contributed by atoms with Crippen LogP contribution in [-0.4, -0.2) is 30.5 Å². The molecule has 0 fully saturated rings. The lowest BCUT2D eigenvalue weighted by molar-refractivity contribution is -0.121. The first-order valence-corrected chi connectivity index (χ1v) is 6.72. The van der Waals surface area contributed by atoms with E-state index >= 15 is 0 Å². The second-order valence-electron chi connectivity index (χ2n) is 4.72. The molecule has 2 aromatic rings. The van der Waals surface area contributed by atoms with E-state index in [9.17, 15) is 4.79 Å². The summed E-state index contributed by atoms with van der Waals surface area (Å²) in [6.45, 7) is 2.01. The Balaban J connectivity index is 1.90. The number of nitrogens with zero attached hydrogens (tertiary/aromatic N) is 5. The van der Waals surface area contributed by atoms with Crippen molar-refractivity contribution in [3.63, 3.8) is 0 Å². The van der Waals surface area contributed by atoms with E-state index in [1.165, 1.54) is 6.33 Å². The fraction of sp³-hybridized carbons (Fsp3) is 0.538. The number of aryl methyl sites for hydroxylation is 3. The Hall–Kier alpha value is -2.18. The van der Waals surface area contributed by atoms with Crippen LogP contribution in [0.5, 0.6) is 0 Å². The zero-order valence-corrected chi connectivity index (χ0v) is 12.1. The Morgan fingerprint density at radius 2 is 2.15 bits per heavy atom. The van der Waals surface area contributed by atoms with Crippen LogP contribution in [0.1, 0.15) is 37.3 Å². The lowest BCUT2D eigenvalue weighted by atomic mass is 10.2. The van der Waals surface area contributed by atoms with Gasteiger partial charge in [0.05, 0.1) is 6.04 Å². The summed E-state index contributed by atoms with van der Waals surface area (Å²) >= 11 is 0. The molecule has 0 radical (unpaired) electrons. The number of nitrogens with one attached hydrogen (secondary N) is 1. The van der Waals surface area contributed by atoms with Gasteiger partial charge in [0.15, 0.2) is 0 Å². The van der Waals surface area contributed by atoms with Gasteiger partial charge in [-0.2, -0.15) is 10.2 Å². The van der Waals surface area contributed by atoms with Crippen LogP contribution in [0.3, 0.4) is 0 Å². The van der Waals surface area contributed by atoms with E-state index < -0.39 is 0 Å². The van der Waals surface area contributed by atoms with Gasteiger partial charge in [-0.15, -0.1) is 0 Å². The molecule has 0 saturated carbocycles. The van der Waals surface area contributed by atoms with Crippen LogP contribution in [0.15, 0.2) is 18.6 Å². The van der Waals surface area contributed by atoms with E-state index in [-0.39, 0.29) is 11.9 Å². The van der Waals surface area contributed by atoms with Gasteiger partial charge in [-0.3, -0.25) is 14.2 Å². The predicted octanol–water partition coefficient (Wildman–Crippen LogP) is 0.749. The Morgan fingerprint density at radius 1 is 1.35 bits per heavy atom. The Labute approximate surface area is 118 Å². The van der Waals surface area contributed by atoms with Gasteiger partial charge in [0.1, 0.15) is 12.2 Å². The van der Waals surface area contributed by atoms with Crippen molar-refractivity contribution in [2.24, 2.45) is 14.1 Å². The highest BCUT2D eigenvalue weighted by atomic mass is 16.1. The van der Waals surface area contributed by atoms with Crippen molar-refractivity contribution in [3.8, 4) is 0 Å². The fourth-order valence-electron chi connectivity index (χ4n) is 2.12. The van der Waals surface area contributed by atoms with Crippen molar-refractivity contribution in [2.45, 2.75) is 32.2 Å². The van der Waals surface area contributed by atoms with Gasteiger partial charge in [0, 0.05) is 32.4 Å². The summed E-state index contributed by atoms with van der Waals surface area (Å²) in [5, 5.41) is 11.1. The molecule has 2 heterocycles. The molecular weight excluding hydrogens is 256 g/mol. The van der Waals surface area contributed by atoms with Crippen LogP contribution >= 0.6 is 0 Å². The van der Waals surface area contributed by atoms with Gasteiger partial charge in [0.25, 0.3) is 0 Å². The number of aromatic nitrogens is 5. The standard InChI is InChI=1S/C13H20N6O/c1-4-11(13-14-9-16-19(13)3)17-12(20)6-5-10-7-8-15-18(10)2/h7-9,11H,4-6H2,1-3H3,(H,17,20)/t11-/m1/s1. The normalized spacial score (nSPS) is 12.3. The maximum Gasteiger partial charge on any atom is 0.220 e. The Morgan fingerprint density at radius 3 is 2.70 bits per heavy atom. The Kier molecular flexibility index (Phi) is 4.49. The van der Waals surface area contributed by atoms with Gasteiger partial charge in [-0.25, -0.2) is 4.98 Å². The molecule has 0 saturated heterocycles. The first-order valence-electron chi connectivity index (χ1n) is 6.72. The zero-order chi connectivity index (χ0) is 14.5. The summed E-state index contributed by atoms with van der Waals surface area (Å²) < 4.78 is 3.48. The van der Waals surface area contributed by atoms with Crippen LogP contribution in [-0.2, 0) is 25.3 Å². The van der Waals surface area contributed by atoms with Crippen molar-refractivity contribution < 1.29 is 4.79 Å². The molecule has 1 atom stereocenters. The number of carbonyl (C=O) groups excluding carboxylic acids is 1. The van der Waals surface area contributed by atoms with Crippen molar-refractivity contribution in [1.82, 2.24) is 29.9 Å². The average molecular weight is 276 g/mol. The minimum atomic E-state index is -0.0958. The summed E-state index contributed by atoms with van der Waals surface area (Å²) in [4.78, 5) is 16.2. The maximum atomic E-state index is 12.0. The van der Waals surface area contributed by atoms with E-state index in [2.05, 4.69) is 20.5 Å². The number of hydrogen-bond donors (Lipinski definition) is 1. The molecule has 0 unspecified atom stereocenters.